The zero-order chi connectivity index (χ0) is 20.4. The first-order valence-corrected chi connectivity index (χ1v) is 10.4. The van der Waals surface area contributed by atoms with E-state index < -0.39 is 0 Å². The van der Waals surface area contributed by atoms with E-state index >= 15 is 0 Å². The Bertz CT molecular complexity index is 1020. The van der Waals surface area contributed by atoms with Gasteiger partial charge in [0.05, 0.1) is 20.8 Å². The molecular formula is C25H27ClNO2+. The largest absolute Gasteiger partial charge is 0.493 e. The Hall–Kier alpha value is -2.49. The van der Waals surface area contributed by atoms with Gasteiger partial charge in [-0.2, -0.15) is 0 Å². The van der Waals surface area contributed by atoms with Crippen molar-refractivity contribution >= 4 is 11.6 Å². The van der Waals surface area contributed by atoms with Gasteiger partial charge in [-0.3, -0.25) is 0 Å². The van der Waals surface area contributed by atoms with Gasteiger partial charge < -0.3 is 14.4 Å². The van der Waals surface area contributed by atoms with E-state index in [0.29, 0.717) is 0 Å². The van der Waals surface area contributed by atoms with Crippen LogP contribution in [0.5, 0.6) is 11.5 Å². The Morgan fingerprint density at radius 2 is 1.72 bits per heavy atom. The van der Waals surface area contributed by atoms with Crippen LogP contribution in [0, 0.1) is 6.92 Å². The quantitative estimate of drug-likeness (QED) is 0.676. The Kier molecular flexibility index (Phi) is 5.79. The highest BCUT2D eigenvalue weighted by Crippen LogP contribution is 2.36. The van der Waals surface area contributed by atoms with Gasteiger partial charge in [0.1, 0.15) is 12.6 Å². The van der Waals surface area contributed by atoms with Crippen molar-refractivity contribution in [1.82, 2.24) is 0 Å². The molecule has 4 heteroatoms. The molecule has 3 aromatic rings. The van der Waals surface area contributed by atoms with Gasteiger partial charge in [-0.15, -0.1) is 0 Å². The van der Waals surface area contributed by atoms with Gasteiger partial charge in [0.2, 0.25) is 0 Å². The van der Waals surface area contributed by atoms with Crippen molar-refractivity contribution in [3.8, 4) is 11.5 Å². The normalized spacial score (nSPS) is 18.2. The van der Waals surface area contributed by atoms with Gasteiger partial charge in [-0.1, -0.05) is 48.0 Å². The number of ether oxygens (including phenoxy) is 2. The molecule has 0 aromatic heterocycles. The van der Waals surface area contributed by atoms with Crippen molar-refractivity contribution in [2.24, 2.45) is 0 Å². The summed E-state index contributed by atoms with van der Waals surface area (Å²) in [6.45, 7) is 4.21. The average molecular weight is 409 g/mol. The molecule has 1 unspecified atom stereocenters. The molecular weight excluding hydrogens is 382 g/mol. The molecule has 0 spiro atoms. The van der Waals surface area contributed by atoms with E-state index in [2.05, 4.69) is 55.5 Å². The van der Waals surface area contributed by atoms with Crippen LogP contribution < -0.4 is 14.4 Å². The molecule has 0 bridgehead atoms. The summed E-state index contributed by atoms with van der Waals surface area (Å²) in [4.78, 5) is 1.52. The first kappa shape index (κ1) is 19.8. The maximum Gasteiger partial charge on any atom is 0.161 e. The molecule has 0 saturated heterocycles. The molecule has 0 radical (unpaired) electrons. The zero-order valence-electron chi connectivity index (χ0n) is 17.2. The molecule has 29 heavy (non-hydrogen) atoms. The van der Waals surface area contributed by atoms with E-state index in [0.717, 1.165) is 36.0 Å². The molecule has 0 fully saturated rings. The standard InChI is InChI=1S/C25H26ClNO2/c1-17-7-4-5-8-20(17)16-27-12-11-18-14-23(28-2)24(29-3)15-22(18)25(27)19-9-6-10-21(26)13-19/h4-10,13-15,25H,11-12,16H2,1-3H3/p+1/t25-/m0/s1. The van der Waals surface area contributed by atoms with Crippen molar-refractivity contribution in [1.29, 1.82) is 0 Å². The fourth-order valence-electron chi connectivity index (χ4n) is 4.43. The smallest absolute Gasteiger partial charge is 0.161 e. The molecule has 0 aliphatic carbocycles. The average Bonchev–Trinajstić information content (AvgIpc) is 2.74. The summed E-state index contributed by atoms with van der Waals surface area (Å²) in [7, 11) is 3.39. The maximum absolute atomic E-state index is 6.38. The molecule has 3 nitrogen and oxygen atoms in total. The van der Waals surface area contributed by atoms with Crippen LogP contribution in [0.1, 0.15) is 33.9 Å². The van der Waals surface area contributed by atoms with Crippen molar-refractivity contribution in [2.45, 2.75) is 25.9 Å². The number of rotatable bonds is 5. The van der Waals surface area contributed by atoms with Gasteiger partial charge in [0.25, 0.3) is 0 Å². The molecule has 1 N–H and O–H groups in total. The van der Waals surface area contributed by atoms with E-state index in [1.807, 2.05) is 12.1 Å². The van der Waals surface area contributed by atoms with Gasteiger partial charge >= 0.3 is 0 Å². The fraction of sp³-hybridized carbons (Fsp3) is 0.280. The Morgan fingerprint density at radius 3 is 2.45 bits per heavy atom. The first-order chi connectivity index (χ1) is 14.1. The van der Waals surface area contributed by atoms with Crippen LogP contribution in [0.25, 0.3) is 0 Å². The van der Waals surface area contributed by atoms with E-state index in [1.54, 1.807) is 14.2 Å². The van der Waals surface area contributed by atoms with Gasteiger partial charge in [-0.25, -0.2) is 0 Å². The van der Waals surface area contributed by atoms with Gasteiger partial charge in [-0.05, 0) is 42.3 Å². The second-order valence-corrected chi connectivity index (χ2v) is 8.09. The summed E-state index contributed by atoms with van der Waals surface area (Å²) in [6, 6.07) is 21.4. The lowest BCUT2D eigenvalue weighted by Crippen LogP contribution is -3.12. The van der Waals surface area contributed by atoms with Crippen molar-refractivity contribution in [3.63, 3.8) is 0 Å². The lowest BCUT2D eigenvalue weighted by molar-refractivity contribution is -0.941. The lowest BCUT2D eigenvalue weighted by Gasteiger charge is -2.35. The van der Waals surface area contributed by atoms with Crippen molar-refractivity contribution < 1.29 is 14.4 Å². The highest BCUT2D eigenvalue weighted by molar-refractivity contribution is 6.30. The van der Waals surface area contributed by atoms with E-state index in [9.17, 15) is 0 Å². The third-order valence-electron chi connectivity index (χ3n) is 5.94. The highest BCUT2D eigenvalue weighted by Gasteiger charge is 2.34. The molecule has 1 aliphatic heterocycles. The molecule has 0 amide bonds. The number of hydrogen-bond acceptors (Lipinski definition) is 2. The molecule has 3 aromatic carbocycles. The minimum Gasteiger partial charge on any atom is -0.493 e. The van der Waals surface area contributed by atoms with E-state index in [-0.39, 0.29) is 6.04 Å². The van der Waals surface area contributed by atoms with Crippen molar-refractivity contribution in [3.05, 3.63) is 93.5 Å². The molecule has 4 rings (SSSR count). The van der Waals surface area contributed by atoms with Crippen molar-refractivity contribution in [2.75, 3.05) is 20.8 Å². The van der Waals surface area contributed by atoms with Crippen LogP contribution in [0.15, 0.2) is 60.7 Å². The number of halogens is 1. The monoisotopic (exact) mass is 408 g/mol. The van der Waals surface area contributed by atoms with Crippen LogP contribution in [0.2, 0.25) is 5.02 Å². The summed E-state index contributed by atoms with van der Waals surface area (Å²) in [5.41, 5.74) is 6.57. The summed E-state index contributed by atoms with van der Waals surface area (Å²) in [6.07, 6.45) is 1.01. The predicted octanol–water partition coefficient (Wildman–Crippen LogP) is 4.40. The summed E-state index contributed by atoms with van der Waals surface area (Å²) >= 11 is 6.38. The van der Waals surface area contributed by atoms with Crippen LogP contribution >= 0.6 is 11.6 Å². The Labute approximate surface area is 177 Å². The number of fused-ring (bicyclic) bond motifs is 1. The molecule has 0 saturated carbocycles. The zero-order valence-corrected chi connectivity index (χ0v) is 17.9. The van der Waals surface area contributed by atoms with E-state index in [4.69, 9.17) is 21.1 Å². The van der Waals surface area contributed by atoms with Gasteiger partial charge in [0.15, 0.2) is 11.5 Å². The summed E-state index contributed by atoms with van der Waals surface area (Å²) in [5, 5.41) is 0.769. The predicted molar refractivity (Wildman–Crippen MR) is 117 cm³/mol. The third-order valence-corrected chi connectivity index (χ3v) is 6.18. The Morgan fingerprint density at radius 1 is 0.966 bits per heavy atom. The number of nitrogens with one attached hydrogen (secondary N) is 1. The maximum atomic E-state index is 6.38. The van der Waals surface area contributed by atoms with Crippen LogP contribution in [-0.4, -0.2) is 20.8 Å². The van der Waals surface area contributed by atoms with E-state index in [1.165, 1.54) is 32.7 Å². The molecule has 2 atom stereocenters. The first-order valence-electron chi connectivity index (χ1n) is 10.00. The second kappa shape index (κ2) is 8.48. The topological polar surface area (TPSA) is 22.9 Å². The molecule has 1 heterocycles. The number of methoxy groups -OCH3 is 2. The second-order valence-electron chi connectivity index (χ2n) is 7.66. The lowest BCUT2D eigenvalue weighted by atomic mass is 9.87. The van der Waals surface area contributed by atoms with Gasteiger partial charge in [0, 0.05) is 28.1 Å². The SMILES string of the molecule is COc1cc2c(cc1OC)[C@H](c1cccc(Cl)c1)[NH+](Cc1ccccc1C)CC2. The number of aryl methyl sites for hydroxylation is 1. The van der Waals surface area contributed by atoms with Crippen LogP contribution in [-0.2, 0) is 13.0 Å². The number of benzene rings is 3. The summed E-state index contributed by atoms with van der Waals surface area (Å²) < 4.78 is 11.2. The fourth-order valence-corrected chi connectivity index (χ4v) is 4.63. The minimum atomic E-state index is 0.192. The molecule has 1 aliphatic rings. The highest BCUT2D eigenvalue weighted by atomic mass is 35.5. The molecule has 150 valence electrons. The summed E-state index contributed by atoms with van der Waals surface area (Å²) in [5.74, 6) is 1.56. The number of quaternary nitrogens is 1. The number of hydrogen-bond donors (Lipinski definition) is 1. The van der Waals surface area contributed by atoms with Crippen LogP contribution in [0.3, 0.4) is 0 Å². The third kappa shape index (κ3) is 3.98. The minimum absolute atomic E-state index is 0.192. The Balaban J connectivity index is 1.82. The van der Waals surface area contributed by atoms with Crippen LogP contribution in [0.4, 0.5) is 0 Å².